The van der Waals surface area contributed by atoms with Gasteiger partial charge in [0.2, 0.25) is 10.0 Å². The predicted molar refractivity (Wildman–Crippen MR) is 49.7 cm³/mol. The Morgan fingerprint density at radius 1 is 1.38 bits per heavy atom. The number of rotatable bonds is 3. The summed E-state index contributed by atoms with van der Waals surface area (Å²) in [5.74, 6) is -0.178. The Morgan fingerprint density at radius 3 is 2.38 bits per heavy atom. The number of sulfonamides is 1. The van der Waals surface area contributed by atoms with Gasteiger partial charge in [0.15, 0.2) is 0 Å². The summed E-state index contributed by atoms with van der Waals surface area (Å²) in [4.78, 5) is 0. The second-order valence-corrected chi connectivity index (χ2v) is 5.36. The first-order valence-electron chi connectivity index (χ1n) is 4.40. The van der Waals surface area contributed by atoms with Gasteiger partial charge in [-0.2, -0.15) is 0 Å². The third kappa shape index (κ3) is 2.91. The van der Waals surface area contributed by atoms with Gasteiger partial charge in [-0.15, -0.1) is 0 Å². The molecule has 13 heavy (non-hydrogen) atoms. The summed E-state index contributed by atoms with van der Waals surface area (Å²) >= 11 is 0. The van der Waals surface area contributed by atoms with E-state index in [2.05, 4.69) is 0 Å². The molecule has 0 radical (unpaired) electrons. The lowest BCUT2D eigenvalue weighted by Crippen LogP contribution is -2.44. The van der Waals surface area contributed by atoms with Crippen LogP contribution in [0.1, 0.15) is 12.8 Å². The number of nitrogens with zero attached hydrogens (tertiary/aromatic N) is 1. The summed E-state index contributed by atoms with van der Waals surface area (Å²) < 4.78 is 24.2. The molecule has 1 heterocycles. The largest absolute Gasteiger partial charge is 0.395 e. The molecule has 1 aliphatic rings. The fourth-order valence-electron chi connectivity index (χ4n) is 1.40. The highest BCUT2D eigenvalue weighted by Crippen LogP contribution is 2.12. The summed E-state index contributed by atoms with van der Waals surface area (Å²) in [7, 11) is -3.23. The van der Waals surface area contributed by atoms with Crippen LogP contribution >= 0.6 is 0 Å². The molecule has 1 fully saturated rings. The summed E-state index contributed by atoms with van der Waals surface area (Å²) in [6.45, 7) is 0.665. The van der Waals surface area contributed by atoms with Crippen molar-refractivity contribution >= 4 is 10.0 Å². The van der Waals surface area contributed by atoms with E-state index in [1.165, 1.54) is 4.31 Å². The summed E-state index contributed by atoms with van der Waals surface area (Å²) in [5, 5.41) is 8.55. The van der Waals surface area contributed by atoms with Crippen LogP contribution in [0.25, 0.3) is 0 Å². The van der Waals surface area contributed by atoms with Crippen molar-refractivity contribution < 1.29 is 13.5 Å². The molecule has 0 amide bonds. The Bertz CT molecular complexity index is 244. The van der Waals surface area contributed by atoms with Crippen LogP contribution in [0.5, 0.6) is 0 Å². The maximum absolute atomic E-state index is 11.4. The van der Waals surface area contributed by atoms with Gasteiger partial charge in [0.25, 0.3) is 0 Å². The first-order chi connectivity index (χ1) is 6.06. The zero-order valence-corrected chi connectivity index (χ0v) is 8.33. The molecule has 0 unspecified atom stereocenters. The maximum Gasteiger partial charge on any atom is 0.216 e. The number of aliphatic hydroxyl groups is 1. The summed E-state index contributed by atoms with van der Waals surface area (Å²) in [6, 6.07) is 0.126. The molecule has 78 valence electrons. The van der Waals surface area contributed by atoms with Crippen molar-refractivity contribution in [2.24, 2.45) is 5.73 Å². The highest BCUT2D eigenvalue weighted by molar-refractivity contribution is 7.89. The Hall–Kier alpha value is -0.170. The normalized spacial score (nSPS) is 22.0. The molecule has 6 heteroatoms. The van der Waals surface area contributed by atoms with Crippen molar-refractivity contribution in [2.45, 2.75) is 18.9 Å². The average molecular weight is 208 g/mol. The van der Waals surface area contributed by atoms with Gasteiger partial charge in [-0.05, 0) is 12.8 Å². The molecule has 0 aromatic carbocycles. The molecule has 0 bridgehead atoms. The molecule has 5 nitrogen and oxygen atoms in total. The zero-order chi connectivity index (χ0) is 9.90. The van der Waals surface area contributed by atoms with Crippen molar-refractivity contribution in [3.8, 4) is 0 Å². The van der Waals surface area contributed by atoms with Crippen molar-refractivity contribution in [2.75, 3.05) is 25.4 Å². The van der Waals surface area contributed by atoms with Gasteiger partial charge in [-0.25, -0.2) is 12.7 Å². The van der Waals surface area contributed by atoms with E-state index in [4.69, 9.17) is 10.8 Å². The van der Waals surface area contributed by atoms with E-state index in [9.17, 15) is 8.42 Å². The fourth-order valence-corrected chi connectivity index (χ4v) is 2.65. The minimum absolute atomic E-state index is 0.126. The smallest absolute Gasteiger partial charge is 0.216 e. The standard InChI is InChI=1S/C7H16N2O3S/c8-7-1-3-9(4-2-7)13(11,12)6-5-10/h7,10H,1-6,8H2. The van der Waals surface area contributed by atoms with Gasteiger partial charge < -0.3 is 10.8 Å². The molecular weight excluding hydrogens is 192 g/mol. The molecule has 0 atom stereocenters. The van der Waals surface area contributed by atoms with Crippen molar-refractivity contribution in [3.05, 3.63) is 0 Å². The quantitative estimate of drug-likeness (QED) is 0.606. The Balaban J connectivity index is 2.53. The summed E-state index contributed by atoms with van der Waals surface area (Å²) in [6.07, 6.45) is 1.43. The van der Waals surface area contributed by atoms with Crippen LogP contribution in [0.4, 0.5) is 0 Å². The molecule has 1 aliphatic heterocycles. The van der Waals surface area contributed by atoms with E-state index >= 15 is 0 Å². The first kappa shape index (κ1) is 10.9. The SMILES string of the molecule is NC1CCN(S(=O)(=O)CCO)CC1. The van der Waals surface area contributed by atoms with Crippen LogP contribution in [0.15, 0.2) is 0 Å². The topological polar surface area (TPSA) is 83.6 Å². The van der Waals surface area contributed by atoms with Gasteiger partial charge >= 0.3 is 0 Å². The lowest BCUT2D eigenvalue weighted by molar-refractivity contribution is 0.299. The third-order valence-electron chi connectivity index (χ3n) is 2.24. The lowest BCUT2D eigenvalue weighted by Gasteiger charge is -2.28. The average Bonchev–Trinajstić information content (AvgIpc) is 2.05. The van der Waals surface area contributed by atoms with Crippen LogP contribution in [0, 0.1) is 0 Å². The number of hydrogen-bond acceptors (Lipinski definition) is 4. The highest BCUT2D eigenvalue weighted by atomic mass is 32.2. The van der Waals surface area contributed by atoms with Crippen LogP contribution in [0.3, 0.4) is 0 Å². The molecule has 1 saturated heterocycles. The van der Waals surface area contributed by atoms with E-state index in [0.29, 0.717) is 25.9 Å². The van der Waals surface area contributed by atoms with Crippen LogP contribution in [-0.2, 0) is 10.0 Å². The summed E-state index contributed by atoms with van der Waals surface area (Å²) in [5.41, 5.74) is 5.64. The van der Waals surface area contributed by atoms with E-state index < -0.39 is 10.0 Å². The van der Waals surface area contributed by atoms with Crippen molar-refractivity contribution in [1.29, 1.82) is 0 Å². The maximum atomic E-state index is 11.4. The second kappa shape index (κ2) is 4.36. The Labute approximate surface area is 78.6 Å². The van der Waals surface area contributed by atoms with E-state index in [1.807, 2.05) is 0 Å². The van der Waals surface area contributed by atoms with Crippen LogP contribution < -0.4 is 5.73 Å². The van der Waals surface area contributed by atoms with Gasteiger partial charge in [0, 0.05) is 19.1 Å². The third-order valence-corrected chi connectivity index (χ3v) is 4.09. The molecule has 1 rings (SSSR count). The number of piperidine rings is 1. The number of hydrogen-bond donors (Lipinski definition) is 2. The lowest BCUT2D eigenvalue weighted by atomic mass is 10.1. The number of nitrogens with two attached hydrogens (primary N) is 1. The van der Waals surface area contributed by atoms with Crippen LogP contribution in [-0.4, -0.2) is 49.3 Å². The van der Waals surface area contributed by atoms with Crippen LogP contribution in [0.2, 0.25) is 0 Å². The van der Waals surface area contributed by atoms with Gasteiger partial charge in [0.05, 0.1) is 12.4 Å². The minimum atomic E-state index is -3.23. The van der Waals surface area contributed by atoms with E-state index in [1.54, 1.807) is 0 Å². The molecule has 3 N–H and O–H groups in total. The number of aliphatic hydroxyl groups excluding tert-OH is 1. The van der Waals surface area contributed by atoms with Gasteiger partial charge in [-0.1, -0.05) is 0 Å². The Kier molecular flexibility index (Phi) is 3.66. The molecule has 0 aromatic heterocycles. The van der Waals surface area contributed by atoms with Gasteiger partial charge in [-0.3, -0.25) is 0 Å². The van der Waals surface area contributed by atoms with Crippen molar-refractivity contribution in [1.82, 2.24) is 4.31 Å². The molecule has 0 aromatic rings. The highest BCUT2D eigenvalue weighted by Gasteiger charge is 2.25. The molecule has 0 saturated carbocycles. The van der Waals surface area contributed by atoms with Gasteiger partial charge in [0.1, 0.15) is 0 Å². The molecule has 0 aliphatic carbocycles. The Morgan fingerprint density at radius 2 is 1.92 bits per heavy atom. The van der Waals surface area contributed by atoms with Crippen molar-refractivity contribution in [3.63, 3.8) is 0 Å². The predicted octanol–water partition coefficient (Wildman–Crippen LogP) is -1.27. The molecule has 0 spiro atoms. The zero-order valence-electron chi connectivity index (χ0n) is 7.52. The minimum Gasteiger partial charge on any atom is -0.395 e. The fraction of sp³-hybridized carbons (Fsp3) is 1.00. The van der Waals surface area contributed by atoms with E-state index in [0.717, 1.165) is 0 Å². The first-order valence-corrected chi connectivity index (χ1v) is 6.01. The molecular formula is C7H16N2O3S. The van der Waals surface area contributed by atoms with E-state index in [-0.39, 0.29) is 18.4 Å². The monoisotopic (exact) mass is 208 g/mol. The second-order valence-electron chi connectivity index (χ2n) is 3.28.